The van der Waals surface area contributed by atoms with Crippen LogP contribution in [-0.4, -0.2) is 65.9 Å². The van der Waals surface area contributed by atoms with Crippen LogP contribution in [0.4, 0.5) is 0 Å². The lowest BCUT2D eigenvalue weighted by atomic mass is 9.83. The van der Waals surface area contributed by atoms with E-state index in [1.165, 1.54) is 4.90 Å². The second-order valence-electron chi connectivity index (χ2n) is 10.4. The molecule has 1 heterocycles. The highest BCUT2D eigenvalue weighted by molar-refractivity contribution is 6.64. The Hall–Kier alpha value is -3.30. The van der Waals surface area contributed by atoms with E-state index in [9.17, 15) is 24.0 Å². The molecule has 10 heteroatoms. The minimum absolute atomic E-state index is 0. The van der Waals surface area contributed by atoms with E-state index < -0.39 is 40.9 Å². The molecule has 0 spiro atoms. The Kier molecular flexibility index (Phi) is 11.6. The number of hydrogen-bond acceptors (Lipinski definition) is 6. The first-order valence-corrected chi connectivity index (χ1v) is 13.2. The van der Waals surface area contributed by atoms with Gasteiger partial charge in [0, 0.05) is 24.9 Å². The number of carbonyl (C=O) groups excluding carboxylic acids is 5. The molecule has 0 aromatic heterocycles. The molecule has 39 heavy (non-hydrogen) atoms. The lowest BCUT2D eigenvalue weighted by Gasteiger charge is -2.27. The predicted molar refractivity (Wildman–Crippen MR) is 152 cm³/mol. The van der Waals surface area contributed by atoms with E-state index in [4.69, 9.17) is 5.73 Å². The maximum atomic E-state index is 13.4. The Morgan fingerprint density at radius 2 is 1.77 bits per heavy atom. The molecule has 1 unspecified atom stereocenters. The number of halogens is 1. The van der Waals surface area contributed by atoms with Crippen molar-refractivity contribution in [2.45, 2.75) is 65.0 Å². The summed E-state index contributed by atoms with van der Waals surface area (Å²) >= 11 is 0. The number of likely N-dealkylation sites (tertiary alicyclic amines) is 1. The molecule has 9 nitrogen and oxygen atoms in total. The summed E-state index contributed by atoms with van der Waals surface area (Å²) in [5, 5.41) is 7.70. The molecule has 1 aliphatic rings. The van der Waals surface area contributed by atoms with Crippen molar-refractivity contribution in [1.29, 1.82) is 0 Å². The number of Topliss-reactive ketones (excluding diaryl/α,β-unsaturated/α-hetero) is 2. The monoisotopic (exact) mass is 558 g/mol. The first-order valence-electron chi connectivity index (χ1n) is 13.2. The zero-order valence-electron chi connectivity index (χ0n) is 22.8. The summed E-state index contributed by atoms with van der Waals surface area (Å²) in [6.45, 7) is 6.00. The Bertz CT molecular complexity index is 1220. The van der Waals surface area contributed by atoms with Crippen molar-refractivity contribution in [3.63, 3.8) is 0 Å². The number of amides is 3. The number of rotatable bonds is 12. The van der Waals surface area contributed by atoms with Crippen LogP contribution in [-0.2, 0) is 30.4 Å². The molecule has 1 fully saturated rings. The third-order valence-electron chi connectivity index (χ3n) is 7.28. The Morgan fingerprint density at radius 1 is 1.08 bits per heavy atom. The fourth-order valence-electron chi connectivity index (χ4n) is 4.49. The van der Waals surface area contributed by atoms with Crippen LogP contribution >= 0.6 is 12.4 Å². The Balaban J connectivity index is 0.00000533. The summed E-state index contributed by atoms with van der Waals surface area (Å²) in [6.07, 6.45) is 2.10. The average molecular weight is 559 g/mol. The number of ketones is 2. The summed E-state index contributed by atoms with van der Waals surface area (Å²) < 4.78 is 0. The van der Waals surface area contributed by atoms with Crippen molar-refractivity contribution >= 4 is 52.5 Å². The van der Waals surface area contributed by atoms with E-state index in [0.29, 0.717) is 38.8 Å². The number of nitrogens with one attached hydrogen (secondary N) is 2. The lowest BCUT2D eigenvalue weighted by molar-refractivity contribution is -0.153. The topological polar surface area (TPSA) is 139 Å². The van der Waals surface area contributed by atoms with Gasteiger partial charge in [0.2, 0.25) is 17.6 Å². The van der Waals surface area contributed by atoms with Gasteiger partial charge in [0.15, 0.2) is 0 Å². The number of benzene rings is 2. The van der Waals surface area contributed by atoms with E-state index in [-0.39, 0.29) is 31.3 Å². The number of carbonyl (C=O) groups is 5. The zero-order chi connectivity index (χ0) is 27.9. The van der Waals surface area contributed by atoms with Crippen LogP contribution < -0.4 is 16.4 Å². The van der Waals surface area contributed by atoms with E-state index >= 15 is 0 Å². The van der Waals surface area contributed by atoms with Gasteiger partial charge in [-0.3, -0.25) is 24.0 Å². The minimum Gasteiger partial charge on any atom is -0.354 e. The molecule has 2 aromatic rings. The quantitative estimate of drug-likeness (QED) is 0.208. The van der Waals surface area contributed by atoms with Crippen LogP contribution in [0.2, 0.25) is 0 Å². The Morgan fingerprint density at radius 3 is 2.44 bits per heavy atom. The molecular weight excluding hydrogens is 520 g/mol. The molecule has 2 aromatic carbocycles. The summed E-state index contributed by atoms with van der Waals surface area (Å²) in [4.78, 5) is 65.8. The molecule has 1 saturated heterocycles. The standard InChI is InChI=1S/C29H38N4O5.ClH/c1-4-29(2,3)25(35)24(34)28(38)33-16-7-11-23(33)27(37)32-22(26(36)31-15-8-14-30)18-19-12-13-20-9-5-6-10-21(20)17-19;/h5-6,9-10,12-13,17,22-23H,4,7-8,11,14-16,18,30H2,1-3H3,(H,31,36)(H,32,37);1H/t22-,23?;/m1./s1. The SMILES string of the molecule is CCC(C)(C)C(=O)C(=O)C(=O)N1CCCC1C(=O)N[C@H](Cc1ccc2ccccc2c1)C(=O)NCCCN.Cl. The minimum atomic E-state index is -1.11. The average Bonchev–Trinajstić information content (AvgIpc) is 3.41. The van der Waals surface area contributed by atoms with E-state index in [1.807, 2.05) is 42.5 Å². The smallest absolute Gasteiger partial charge is 0.298 e. The van der Waals surface area contributed by atoms with Crippen LogP contribution in [0.3, 0.4) is 0 Å². The van der Waals surface area contributed by atoms with Crippen LogP contribution in [0.1, 0.15) is 52.0 Å². The van der Waals surface area contributed by atoms with E-state index in [0.717, 1.165) is 16.3 Å². The van der Waals surface area contributed by atoms with Gasteiger partial charge in [0.25, 0.3) is 11.7 Å². The van der Waals surface area contributed by atoms with Crippen molar-refractivity contribution < 1.29 is 24.0 Å². The summed E-state index contributed by atoms with van der Waals surface area (Å²) in [7, 11) is 0. The molecule has 3 rings (SSSR count). The van der Waals surface area contributed by atoms with Crippen molar-refractivity contribution in [1.82, 2.24) is 15.5 Å². The third-order valence-corrected chi connectivity index (χ3v) is 7.28. The van der Waals surface area contributed by atoms with Crippen molar-refractivity contribution in [2.75, 3.05) is 19.6 Å². The highest BCUT2D eigenvalue weighted by Gasteiger charge is 2.42. The second-order valence-corrected chi connectivity index (χ2v) is 10.4. The van der Waals surface area contributed by atoms with Crippen molar-refractivity contribution in [3.05, 3.63) is 48.0 Å². The molecule has 0 aliphatic carbocycles. The maximum Gasteiger partial charge on any atom is 0.298 e. The van der Waals surface area contributed by atoms with Gasteiger partial charge in [0.1, 0.15) is 12.1 Å². The van der Waals surface area contributed by atoms with Crippen molar-refractivity contribution in [2.24, 2.45) is 11.1 Å². The number of fused-ring (bicyclic) bond motifs is 1. The van der Waals surface area contributed by atoms with E-state index in [2.05, 4.69) is 10.6 Å². The summed E-state index contributed by atoms with van der Waals surface area (Å²) in [6, 6.07) is 11.9. The van der Waals surface area contributed by atoms with E-state index in [1.54, 1.807) is 20.8 Å². The predicted octanol–water partition coefficient (Wildman–Crippen LogP) is 2.32. The van der Waals surface area contributed by atoms with Crippen LogP contribution in [0.5, 0.6) is 0 Å². The van der Waals surface area contributed by atoms with Gasteiger partial charge in [-0.15, -0.1) is 12.4 Å². The highest BCUT2D eigenvalue weighted by atomic mass is 35.5. The first-order chi connectivity index (χ1) is 18.1. The summed E-state index contributed by atoms with van der Waals surface area (Å²) in [5.41, 5.74) is 5.45. The van der Waals surface area contributed by atoms with Gasteiger partial charge >= 0.3 is 0 Å². The van der Waals surface area contributed by atoms with Gasteiger partial charge in [-0.2, -0.15) is 0 Å². The molecule has 4 N–H and O–H groups in total. The molecule has 1 aliphatic heterocycles. The number of nitrogens with two attached hydrogens (primary N) is 1. The van der Waals surface area contributed by atoms with Gasteiger partial charge < -0.3 is 21.3 Å². The second kappa shape index (κ2) is 14.2. The molecule has 2 atom stereocenters. The fourth-order valence-corrected chi connectivity index (χ4v) is 4.49. The largest absolute Gasteiger partial charge is 0.354 e. The zero-order valence-corrected chi connectivity index (χ0v) is 23.6. The number of hydrogen-bond donors (Lipinski definition) is 3. The maximum absolute atomic E-state index is 13.4. The molecule has 0 radical (unpaired) electrons. The van der Waals surface area contributed by atoms with Gasteiger partial charge in [-0.25, -0.2) is 0 Å². The molecular formula is C29H39ClN4O5. The fraction of sp³-hybridized carbons (Fsp3) is 0.483. The Labute approximate surface area is 235 Å². The molecule has 3 amide bonds. The van der Waals surface area contributed by atoms with Crippen LogP contribution in [0, 0.1) is 5.41 Å². The van der Waals surface area contributed by atoms with Gasteiger partial charge in [-0.05, 0) is 48.6 Å². The molecule has 212 valence electrons. The van der Waals surface area contributed by atoms with Crippen LogP contribution in [0.25, 0.3) is 10.8 Å². The van der Waals surface area contributed by atoms with Crippen LogP contribution in [0.15, 0.2) is 42.5 Å². The normalized spacial score (nSPS) is 15.8. The van der Waals surface area contributed by atoms with Gasteiger partial charge in [-0.1, -0.05) is 63.2 Å². The van der Waals surface area contributed by atoms with Gasteiger partial charge in [0.05, 0.1) is 0 Å². The highest BCUT2D eigenvalue weighted by Crippen LogP contribution is 2.24. The molecule has 0 saturated carbocycles. The lowest BCUT2D eigenvalue weighted by Crippen LogP contribution is -2.55. The number of nitrogens with zero attached hydrogens (tertiary/aromatic N) is 1. The first kappa shape index (κ1) is 31.9. The third kappa shape index (κ3) is 7.86. The van der Waals surface area contributed by atoms with Crippen molar-refractivity contribution in [3.8, 4) is 0 Å². The summed E-state index contributed by atoms with van der Waals surface area (Å²) in [5.74, 6) is -3.71. The molecule has 0 bridgehead atoms.